The van der Waals surface area contributed by atoms with Crippen molar-refractivity contribution in [2.45, 2.75) is 38.6 Å². The highest BCUT2D eigenvalue weighted by atomic mass is 16.2. The van der Waals surface area contributed by atoms with Gasteiger partial charge in [0.1, 0.15) is 5.54 Å². The van der Waals surface area contributed by atoms with Gasteiger partial charge in [0.15, 0.2) is 0 Å². The van der Waals surface area contributed by atoms with Gasteiger partial charge in [0.2, 0.25) is 5.91 Å². The minimum absolute atomic E-state index is 0.00135. The van der Waals surface area contributed by atoms with Crippen molar-refractivity contribution >= 4 is 17.8 Å². The quantitative estimate of drug-likeness (QED) is 0.646. The second-order valence-corrected chi connectivity index (χ2v) is 4.19. The van der Waals surface area contributed by atoms with Gasteiger partial charge in [-0.1, -0.05) is 13.3 Å². The fraction of sp³-hybridized carbons (Fsp3) is 0.700. The number of imide groups is 1. The molecule has 0 unspecified atom stereocenters. The molecule has 0 aromatic carbocycles. The molecule has 6 nitrogen and oxygen atoms in total. The highest BCUT2D eigenvalue weighted by Gasteiger charge is 2.46. The fourth-order valence-electron chi connectivity index (χ4n) is 1.84. The Balaban J connectivity index is 2.71. The van der Waals surface area contributed by atoms with Gasteiger partial charge < -0.3 is 11.1 Å². The third-order valence-corrected chi connectivity index (χ3v) is 2.68. The van der Waals surface area contributed by atoms with E-state index in [-0.39, 0.29) is 18.9 Å². The zero-order chi connectivity index (χ0) is 12.3. The first-order chi connectivity index (χ1) is 7.40. The number of rotatable bonds is 5. The summed E-state index contributed by atoms with van der Waals surface area (Å²) in [5.74, 6) is -0.801. The highest BCUT2D eigenvalue weighted by molar-refractivity contribution is 6.06. The zero-order valence-corrected chi connectivity index (χ0v) is 9.58. The number of nitrogens with two attached hydrogens (primary N) is 1. The molecule has 0 aromatic rings. The van der Waals surface area contributed by atoms with E-state index in [0.29, 0.717) is 6.42 Å². The predicted octanol–water partition coefficient (Wildman–Crippen LogP) is -0.0276. The smallest absolute Gasteiger partial charge is 0.325 e. The van der Waals surface area contributed by atoms with Crippen LogP contribution in [-0.2, 0) is 9.59 Å². The van der Waals surface area contributed by atoms with E-state index in [1.807, 2.05) is 6.92 Å². The van der Waals surface area contributed by atoms with E-state index in [1.165, 1.54) is 0 Å². The van der Waals surface area contributed by atoms with Crippen molar-refractivity contribution < 1.29 is 14.4 Å². The molecule has 0 spiro atoms. The predicted molar refractivity (Wildman–Crippen MR) is 57.4 cm³/mol. The molecule has 0 bridgehead atoms. The van der Waals surface area contributed by atoms with Gasteiger partial charge in [-0.05, 0) is 13.3 Å². The van der Waals surface area contributed by atoms with E-state index >= 15 is 0 Å². The standard InChI is InChI=1S/C10H17N3O3/c1-3-5-10(2)8(15)13(9(16)12-10)6-4-7(11)14/h3-6H2,1-2H3,(H2,11,14)(H,12,16)/t10-/m0/s1. The number of carbonyl (C=O) groups is 3. The summed E-state index contributed by atoms with van der Waals surface area (Å²) in [4.78, 5) is 35.1. The third kappa shape index (κ3) is 2.32. The van der Waals surface area contributed by atoms with Crippen molar-refractivity contribution in [3.05, 3.63) is 0 Å². The van der Waals surface area contributed by atoms with Crippen LogP contribution in [-0.4, -0.2) is 34.8 Å². The van der Waals surface area contributed by atoms with Crippen molar-refractivity contribution in [1.29, 1.82) is 0 Å². The molecule has 3 N–H and O–H groups in total. The average molecular weight is 227 g/mol. The molecule has 1 rings (SSSR count). The van der Waals surface area contributed by atoms with E-state index in [9.17, 15) is 14.4 Å². The lowest BCUT2D eigenvalue weighted by molar-refractivity contribution is -0.131. The lowest BCUT2D eigenvalue weighted by Crippen LogP contribution is -2.43. The molecule has 90 valence electrons. The largest absolute Gasteiger partial charge is 0.370 e. The van der Waals surface area contributed by atoms with Crippen LogP contribution < -0.4 is 11.1 Å². The second-order valence-electron chi connectivity index (χ2n) is 4.19. The average Bonchev–Trinajstić information content (AvgIpc) is 2.36. The summed E-state index contributed by atoms with van der Waals surface area (Å²) in [7, 11) is 0. The number of carbonyl (C=O) groups excluding carboxylic acids is 3. The van der Waals surface area contributed by atoms with Gasteiger partial charge in [-0.3, -0.25) is 14.5 Å². The summed E-state index contributed by atoms with van der Waals surface area (Å²) in [6.45, 7) is 3.69. The summed E-state index contributed by atoms with van der Waals surface area (Å²) < 4.78 is 0. The second kappa shape index (κ2) is 4.51. The molecule has 1 aliphatic heterocycles. The van der Waals surface area contributed by atoms with Crippen LogP contribution in [0.5, 0.6) is 0 Å². The summed E-state index contributed by atoms with van der Waals surface area (Å²) in [6, 6.07) is -0.442. The number of amides is 4. The first kappa shape index (κ1) is 12.5. The van der Waals surface area contributed by atoms with Crippen molar-refractivity contribution in [3.8, 4) is 0 Å². The lowest BCUT2D eigenvalue weighted by Gasteiger charge is -2.20. The molecular weight excluding hydrogens is 210 g/mol. The number of nitrogens with zero attached hydrogens (tertiary/aromatic N) is 1. The van der Waals surface area contributed by atoms with Crippen LogP contribution in [0.4, 0.5) is 4.79 Å². The van der Waals surface area contributed by atoms with Crippen molar-refractivity contribution in [3.63, 3.8) is 0 Å². The summed E-state index contributed by atoms with van der Waals surface area (Å²) in [6.07, 6.45) is 1.39. The summed E-state index contributed by atoms with van der Waals surface area (Å²) >= 11 is 0. The molecule has 16 heavy (non-hydrogen) atoms. The summed E-state index contributed by atoms with van der Waals surface area (Å²) in [5.41, 5.74) is 4.15. The fourth-order valence-corrected chi connectivity index (χ4v) is 1.84. The van der Waals surface area contributed by atoms with Crippen molar-refractivity contribution in [2.75, 3.05) is 6.54 Å². The van der Waals surface area contributed by atoms with Crippen LogP contribution in [0.25, 0.3) is 0 Å². The van der Waals surface area contributed by atoms with Gasteiger partial charge in [0, 0.05) is 13.0 Å². The Labute approximate surface area is 94.2 Å². The van der Waals surface area contributed by atoms with E-state index in [2.05, 4.69) is 5.32 Å². The maximum atomic E-state index is 11.9. The lowest BCUT2D eigenvalue weighted by atomic mass is 9.96. The van der Waals surface area contributed by atoms with Crippen LogP contribution in [0, 0.1) is 0 Å². The molecule has 0 saturated carbocycles. The first-order valence-electron chi connectivity index (χ1n) is 5.33. The topological polar surface area (TPSA) is 92.5 Å². The molecule has 4 amide bonds. The molecule has 0 radical (unpaired) electrons. The third-order valence-electron chi connectivity index (χ3n) is 2.68. The van der Waals surface area contributed by atoms with Gasteiger partial charge in [-0.15, -0.1) is 0 Å². The van der Waals surface area contributed by atoms with E-state index in [0.717, 1.165) is 11.3 Å². The number of primary amides is 1. The van der Waals surface area contributed by atoms with Gasteiger partial charge >= 0.3 is 6.03 Å². The molecule has 0 aromatic heterocycles. The van der Waals surface area contributed by atoms with Crippen LogP contribution >= 0.6 is 0 Å². The molecule has 6 heteroatoms. The Kier molecular flexibility index (Phi) is 3.51. The van der Waals surface area contributed by atoms with E-state index < -0.39 is 17.5 Å². The van der Waals surface area contributed by atoms with Crippen LogP contribution in [0.15, 0.2) is 0 Å². The summed E-state index contributed by atoms with van der Waals surface area (Å²) in [5, 5.41) is 2.64. The van der Waals surface area contributed by atoms with Crippen LogP contribution in [0.1, 0.15) is 33.1 Å². The number of nitrogens with one attached hydrogen (secondary N) is 1. The highest BCUT2D eigenvalue weighted by Crippen LogP contribution is 2.22. The normalized spacial score (nSPS) is 24.8. The molecular formula is C10H17N3O3. The number of hydrogen-bond donors (Lipinski definition) is 2. The van der Waals surface area contributed by atoms with E-state index in [4.69, 9.17) is 5.73 Å². The Hall–Kier alpha value is -1.59. The van der Waals surface area contributed by atoms with Crippen molar-refractivity contribution in [1.82, 2.24) is 10.2 Å². The Bertz CT molecular complexity index is 329. The van der Waals surface area contributed by atoms with E-state index in [1.54, 1.807) is 6.92 Å². The van der Waals surface area contributed by atoms with Gasteiger partial charge in [-0.25, -0.2) is 4.79 Å². The Morgan fingerprint density at radius 2 is 2.12 bits per heavy atom. The molecule has 1 aliphatic rings. The van der Waals surface area contributed by atoms with Gasteiger partial charge in [0.25, 0.3) is 5.91 Å². The molecule has 1 heterocycles. The maximum absolute atomic E-state index is 11.9. The molecule has 0 aliphatic carbocycles. The van der Waals surface area contributed by atoms with Crippen LogP contribution in [0.2, 0.25) is 0 Å². The Morgan fingerprint density at radius 3 is 2.62 bits per heavy atom. The molecule has 1 atom stereocenters. The van der Waals surface area contributed by atoms with Gasteiger partial charge in [-0.2, -0.15) is 0 Å². The zero-order valence-electron chi connectivity index (χ0n) is 9.58. The monoisotopic (exact) mass is 227 g/mol. The number of urea groups is 1. The minimum atomic E-state index is -0.830. The molecule has 1 fully saturated rings. The van der Waals surface area contributed by atoms with Crippen LogP contribution in [0.3, 0.4) is 0 Å². The van der Waals surface area contributed by atoms with Gasteiger partial charge in [0.05, 0.1) is 0 Å². The first-order valence-corrected chi connectivity index (χ1v) is 5.33. The maximum Gasteiger partial charge on any atom is 0.325 e. The SMILES string of the molecule is CCC[C@]1(C)NC(=O)N(CCC(N)=O)C1=O. The Morgan fingerprint density at radius 1 is 1.50 bits per heavy atom. The van der Waals surface area contributed by atoms with Crippen molar-refractivity contribution in [2.24, 2.45) is 5.73 Å². The minimum Gasteiger partial charge on any atom is -0.370 e. The number of hydrogen-bond acceptors (Lipinski definition) is 3. The molecule has 1 saturated heterocycles.